The second kappa shape index (κ2) is 5.80. The van der Waals surface area contributed by atoms with Gasteiger partial charge in [-0.1, -0.05) is 43.7 Å². The monoisotopic (exact) mass is 220 g/mol. The lowest BCUT2D eigenvalue weighted by Gasteiger charge is -2.17. The van der Waals surface area contributed by atoms with E-state index < -0.39 is 0 Å². The number of ketones is 1. The first-order chi connectivity index (χ1) is 7.54. The number of aryl methyl sites for hydroxylation is 1. The van der Waals surface area contributed by atoms with Crippen LogP contribution < -0.4 is 0 Å². The number of hydrogen-bond donors (Lipinski definition) is 0. The van der Waals surface area contributed by atoms with Gasteiger partial charge in [-0.05, 0) is 18.4 Å². The standard InChI is InChI=1S/C14H20O2/c1-10(2)14(16-4)13(15)9-12-7-5-6-11(3)8-12/h5-8,10,14H,9H2,1-4H3. The fourth-order valence-electron chi connectivity index (χ4n) is 1.90. The lowest BCUT2D eigenvalue weighted by molar-refractivity contribution is -0.130. The fourth-order valence-corrected chi connectivity index (χ4v) is 1.90. The maximum absolute atomic E-state index is 12.0. The van der Waals surface area contributed by atoms with Crippen LogP contribution in [-0.4, -0.2) is 19.0 Å². The van der Waals surface area contributed by atoms with Crippen molar-refractivity contribution in [1.82, 2.24) is 0 Å². The van der Waals surface area contributed by atoms with Gasteiger partial charge in [-0.15, -0.1) is 0 Å². The molecule has 0 amide bonds. The molecule has 2 nitrogen and oxygen atoms in total. The highest BCUT2D eigenvalue weighted by Gasteiger charge is 2.21. The minimum Gasteiger partial charge on any atom is -0.373 e. The Hall–Kier alpha value is -1.15. The van der Waals surface area contributed by atoms with Gasteiger partial charge in [-0.3, -0.25) is 4.79 Å². The maximum Gasteiger partial charge on any atom is 0.166 e. The van der Waals surface area contributed by atoms with E-state index in [1.165, 1.54) is 5.56 Å². The summed E-state index contributed by atoms with van der Waals surface area (Å²) in [6, 6.07) is 8.04. The van der Waals surface area contributed by atoms with Crippen LogP contribution in [0.25, 0.3) is 0 Å². The highest BCUT2D eigenvalue weighted by atomic mass is 16.5. The van der Waals surface area contributed by atoms with E-state index in [-0.39, 0.29) is 17.8 Å². The van der Waals surface area contributed by atoms with E-state index in [9.17, 15) is 4.79 Å². The van der Waals surface area contributed by atoms with Gasteiger partial charge in [-0.25, -0.2) is 0 Å². The van der Waals surface area contributed by atoms with Gasteiger partial charge >= 0.3 is 0 Å². The SMILES string of the molecule is COC(C(=O)Cc1cccc(C)c1)C(C)C. The van der Waals surface area contributed by atoms with Crippen LogP contribution in [0.1, 0.15) is 25.0 Å². The summed E-state index contributed by atoms with van der Waals surface area (Å²) in [5, 5.41) is 0. The molecule has 0 saturated carbocycles. The van der Waals surface area contributed by atoms with Crippen molar-refractivity contribution in [3.8, 4) is 0 Å². The summed E-state index contributed by atoms with van der Waals surface area (Å²) in [5.41, 5.74) is 2.25. The van der Waals surface area contributed by atoms with Crippen molar-refractivity contribution >= 4 is 5.78 Å². The molecule has 0 aliphatic carbocycles. The molecule has 1 aromatic rings. The van der Waals surface area contributed by atoms with Crippen LogP contribution in [0.5, 0.6) is 0 Å². The maximum atomic E-state index is 12.0. The van der Waals surface area contributed by atoms with E-state index in [1.54, 1.807) is 7.11 Å². The van der Waals surface area contributed by atoms with Gasteiger partial charge in [-0.2, -0.15) is 0 Å². The van der Waals surface area contributed by atoms with E-state index in [1.807, 2.05) is 45.0 Å². The van der Waals surface area contributed by atoms with Gasteiger partial charge in [0.25, 0.3) is 0 Å². The lowest BCUT2D eigenvalue weighted by Crippen LogP contribution is -2.29. The van der Waals surface area contributed by atoms with Crippen molar-refractivity contribution in [3.63, 3.8) is 0 Å². The molecule has 1 rings (SSSR count). The zero-order valence-corrected chi connectivity index (χ0v) is 10.5. The predicted molar refractivity (Wildman–Crippen MR) is 65.5 cm³/mol. The average molecular weight is 220 g/mol. The predicted octanol–water partition coefficient (Wildman–Crippen LogP) is 2.78. The van der Waals surface area contributed by atoms with Gasteiger partial charge in [0.05, 0.1) is 0 Å². The summed E-state index contributed by atoms with van der Waals surface area (Å²) in [6.07, 6.45) is 0.166. The van der Waals surface area contributed by atoms with Gasteiger partial charge in [0.1, 0.15) is 6.10 Å². The van der Waals surface area contributed by atoms with Crippen LogP contribution in [0.3, 0.4) is 0 Å². The third-order valence-corrected chi connectivity index (χ3v) is 2.64. The van der Waals surface area contributed by atoms with Crippen LogP contribution in [0.4, 0.5) is 0 Å². The number of carbonyl (C=O) groups excluding carboxylic acids is 1. The minimum absolute atomic E-state index is 0.156. The number of hydrogen-bond acceptors (Lipinski definition) is 2. The summed E-state index contributed by atoms with van der Waals surface area (Å²) in [7, 11) is 1.60. The number of methoxy groups -OCH3 is 1. The van der Waals surface area contributed by atoms with Crippen molar-refractivity contribution in [1.29, 1.82) is 0 Å². The Bertz CT molecular complexity index is 356. The Morgan fingerprint density at radius 1 is 1.38 bits per heavy atom. The number of rotatable bonds is 5. The molecule has 1 atom stereocenters. The summed E-state index contributed by atoms with van der Waals surface area (Å²) in [4.78, 5) is 12.0. The number of benzene rings is 1. The number of Topliss-reactive ketones (excluding diaryl/α,β-unsaturated/α-hetero) is 1. The van der Waals surface area contributed by atoms with Gasteiger partial charge < -0.3 is 4.74 Å². The molecule has 2 heteroatoms. The molecule has 0 heterocycles. The van der Waals surface area contributed by atoms with Crippen molar-refractivity contribution < 1.29 is 9.53 Å². The summed E-state index contributed by atoms with van der Waals surface area (Å²) in [5.74, 6) is 0.380. The van der Waals surface area contributed by atoms with Crippen molar-refractivity contribution in [3.05, 3.63) is 35.4 Å². The lowest BCUT2D eigenvalue weighted by atomic mass is 9.97. The van der Waals surface area contributed by atoms with E-state index >= 15 is 0 Å². The Labute approximate surface area is 97.6 Å². The van der Waals surface area contributed by atoms with Crippen LogP contribution in [0.2, 0.25) is 0 Å². The van der Waals surface area contributed by atoms with Crippen LogP contribution in [0, 0.1) is 12.8 Å². The van der Waals surface area contributed by atoms with E-state index in [0.29, 0.717) is 6.42 Å². The molecule has 16 heavy (non-hydrogen) atoms. The first-order valence-electron chi connectivity index (χ1n) is 5.65. The van der Waals surface area contributed by atoms with Gasteiger partial charge in [0.2, 0.25) is 0 Å². The second-order valence-corrected chi connectivity index (χ2v) is 4.53. The van der Waals surface area contributed by atoms with E-state index in [2.05, 4.69) is 0 Å². The molecule has 0 radical (unpaired) electrons. The highest BCUT2D eigenvalue weighted by Crippen LogP contribution is 2.12. The minimum atomic E-state index is -0.291. The molecule has 0 aliphatic rings. The number of ether oxygens (including phenoxy) is 1. The normalized spacial score (nSPS) is 12.8. The highest BCUT2D eigenvalue weighted by molar-refractivity contribution is 5.85. The molecule has 1 unspecified atom stereocenters. The Balaban J connectivity index is 2.70. The van der Waals surface area contributed by atoms with Crippen molar-refractivity contribution in [2.24, 2.45) is 5.92 Å². The van der Waals surface area contributed by atoms with Gasteiger partial charge in [0, 0.05) is 13.5 Å². The van der Waals surface area contributed by atoms with E-state index in [4.69, 9.17) is 4.74 Å². The molecule has 0 saturated heterocycles. The third-order valence-electron chi connectivity index (χ3n) is 2.64. The van der Waals surface area contributed by atoms with Crippen LogP contribution in [0.15, 0.2) is 24.3 Å². The molecule has 88 valence electrons. The molecule has 0 spiro atoms. The summed E-state index contributed by atoms with van der Waals surface area (Å²) < 4.78 is 5.23. The largest absolute Gasteiger partial charge is 0.373 e. The summed E-state index contributed by atoms with van der Waals surface area (Å²) in [6.45, 7) is 6.04. The topological polar surface area (TPSA) is 26.3 Å². The quantitative estimate of drug-likeness (QED) is 0.762. The first-order valence-corrected chi connectivity index (χ1v) is 5.65. The zero-order chi connectivity index (χ0) is 12.1. The molecule has 0 fully saturated rings. The molecular weight excluding hydrogens is 200 g/mol. The number of carbonyl (C=O) groups is 1. The van der Waals surface area contributed by atoms with Crippen molar-refractivity contribution in [2.45, 2.75) is 33.3 Å². The van der Waals surface area contributed by atoms with Crippen LogP contribution >= 0.6 is 0 Å². The summed E-state index contributed by atoms with van der Waals surface area (Å²) >= 11 is 0. The molecule has 1 aromatic carbocycles. The van der Waals surface area contributed by atoms with Crippen molar-refractivity contribution in [2.75, 3.05) is 7.11 Å². The molecular formula is C14H20O2. The average Bonchev–Trinajstić information content (AvgIpc) is 2.17. The third kappa shape index (κ3) is 3.46. The van der Waals surface area contributed by atoms with Crippen LogP contribution in [-0.2, 0) is 16.0 Å². The molecule has 0 bridgehead atoms. The Morgan fingerprint density at radius 2 is 2.06 bits per heavy atom. The Morgan fingerprint density at radius 3 is 2.56 bits per heavy atom. The van der Waals surface area contributed by atoms with Gasteiger partial charge in [0.15, 0.2) is 5.78 Å². The smallest absolute Gasteiger partial charge is 0.166 e. The molecule has 0 aromatic heterocycles. The fraction of sp³-hybridized carbons (Fsp3) is 0.500. The molecule has 0 aliphatic heterocycles. The zero-order valence-electron chi connectivity index (χ0n) is 10.5. The second-order valence-electron chi connectivity index (χ2n) is 4.53. The van der Waals surface area contributed by atoms with E-state index in [0.717, 1.165) is 5.56 Å². The molecule has 0 N–H and O–H groups in total. The Kier molecular flexibility index (Phi) is 4.69. The first kappa shape index (κ1) is 12.9.